The maximum atomic E-state index is 12.8. The number of carbonyl (C=O) groups excluding carboxylic acids is 1. The van der Waals surface area contributed by atoms with Crippen molar-refractivity contribution in [1.82, 2.24) is 9.97 Å². The second-order valence-corrected chi connectivity index (χ2v) is 7.10. The number of amides is 1. The standard InChI is InChI=1S/C21H26N4O3/c1-3-25(4-2)21-22-13-15-11-14(5-7-17(15)24-21)20(26)23-16-6-8-18-19(12-16)28-10-9-27-18/h6,8,12-14H,3-5,7,9-11H2,1-2H3,(H,23,26)/t14-/m0/s1. The van der Waals surface area contributed by atoms with Crippen molar-refractivity contribution in [3.05, 3.63) is 35.7 Å². The molecule has 1 aliphatic carbocycles. The molecule has 0 radical (unpaired) electrons. The average Bonchev–Trinajstić information content (AvgIpc) is 2.74. The zero-order valence-corrected chi connectivity index (χ0v) is 16.4. The molecule has 0 unspecified atom stereocenters. The number of anilines is 2. The number of rotatable bonds is 5. The molecule has 2 aromatic rings. The quantitative estimate of drug-likeness (QED) is 0.857. The highest BCUT2D eigenvalue weighted by Gasteiger charge is 2.27. The molecule has 148 valence electrons. The molecule has 0 spiro atoms. The molecule has 28 heavy (non-hydrogen) atoms. The Morgan fingerprint density at radius 3 is 2.79 bits per heavy atom. The summed E-state index contributed by atoms with van der Waals surface area (Å²) in [5.41, 5.74) is 2.87. The van der Waals surface area contributed by atoms with Gasteiger partial charge in [0.25, 0.3) is 0 Å². The first-order valence-corrected chi connectivity index (χ1v) is 9.98. The van der Waals surface area contributed by atoms with Crippen LogP contribution in [0, 0.1) is 5.92 Å². The van der Waals surface area contributed by atoms with Crippen LogP contribution in [0.1, 0.15) is 31.5 Å². The van der Waals surface area contributed by atoms with Crippen molar-refractivity contribution in [1.29, 1.82) is 0 Å². The number of aryl methyl sites for hydroxylation is 1. The number of benzene rings is 1. The first-order chi connectivity index (χ1) is 13.7. The average molecular weight is 382 g/mol. The highest BCUT2D eigenvalue weighted by molar-refractivity contribution is 5.93. The Hall–Kier alpha value is -2.83. The van der Waals surface area contributed by atoms with Gasteiger partial charge in [0.15, 0.2) is 11.5 Å². The fourth-order valence-electron chi connectivity index (χ4n) is 3.75. The largest absolute Gasteiger partial charge is 0.486 e. The van der Waals surface area contributed by atoms with Crippen LogP contribution in [0.25, 0.3) is 0 Å². The van der Waals surface area contributed by atoms with Gasteiger partial charge in [0, 0.05) is 42.7 Å². The van der Waals surface area contributed by atoms with Crippen molar-refractivity contribution in [2.24, 2.45) is 5.92 Å². The Kier molecular flexibility index (Phi) is 5.32. The van der Waals surface area contributed by atoms with Crippen LogP contribution >= 0.6 is 0 Å². The van der Waals surface area contributed by atoms with E-state index < -0.39 is 0 Å². The Bertz CT molecular complexity index is 867. The molecule has 1 amide bonds. The van der Waals surface area contributed by atoms with Crippen LogP contribution in [-0.2, 0) is 17.6 Å². The van der Waals surface area contributed by atoms with Crippen molar-refractivity contribution in [3.8, 4) is 11.5 Å². The summed E-state index contributed by atoms with van der Waals surface area (Å²) in [6.07, 6.45) is 4.15. The number of carbonyl (C=O) groups is 1. The van der Waals surface area contributed by atoms with E-state index in [0.717, 1.165) is 54.6 Å². The minimum atomic E-state index is -0.0800. The van der Waals surface area contributed by atoms with Gasteiger partial charge in [-0.1, -0.05) is 0 Å². The summed E-state index contributed by atoms with van der Waals surface area (Å²) < 4.78 is 11.1. The van der Waals surface area contributed by atoms with Gasteiger partial charge in [0.2, 0.25) is 11.9 Å². The molecule has 1 aromatic carbocycles. The Labute approximate surface area is 165 Å². The van der Waals surface area contributed by atoms with Gasteiger partial charge in [-0.15, -0.1) is 0 Å². The van der Waals surface area contributed by atoms with Gasteiger partial charge < -0.3 is 19.7 Å². The molecule has 7 nitrogen and oxygen atoms in total. The van der Waals surface area contributed by atoms with Crippen LogP contribution in [0.3, 0.4) is 0 Å². The van der Waals surface area contributed by atoms with Crippen LogP contribution in [-0.4, -0.2) is 42.2 Å². The topological polar surface area (TPSA) is 76.6 Å². The molecule has 0 saturated heterocycles. The van der Waals surface area contributed by atoms with Crippen molar-refractivity contribution < 1.29 is 14.3 Å². The molecule has 1 N–H and O–H groups in total. The molecule has 1 aliphatic heterocycles. The molecule has 2 aliphatic rings. The number of hydrogen-bond donors (Lipinski definition) is 1. The highest BCUT2D eigenvalue weighted by Crippen LogP contribution is 2.33. The third-order valence-electron chi connectivity index (χ3n) is 5.36. The van der Waals surface area contributed by atoms with Gasteiger partial charge in [-0.2, -0.15) is 0 Å². The summed E-state index contributed by atoms with van der Waals surface area (Å²) in [5.74, 6) is 2.12. The molecular weight excluding hydrogens is 356 g/mol. The van der Waals surface area contributed by atoms with E-state index in [1.165, 1.54) is 0 Å². The van der Waals surface area contributed by atoms with E-state index in [9.17, 15) is 4.79 Å². The van der Waals surface area contributed by atoms with Crippen LogP contribution in [0.5, 0.6) is 11.5 Å². The first kappa shape index (κ1) is 18.5. The van der Waals surface area contributed by atoms with Crippen LogP contribution in [0.4, 0.5) is 11.6 Å². The SMILES string of the molecule is CCN(CC)c1ncc2c(n1)CC[C@H](C(=O)Nc1ccc3c(c1)OCCO3)C2. The van der Waals surface area contributed by atoms with E-state index in [2.05, 4.69) is 29.0 Å². The van der Waals surface area contributed by atoms with E-state index in [4.69, 9.17) is 14.5 Å². The van der Waals surface area contributed by atoms with Gasteiger partial charge in [-0.3, -0.25) is 4.79 Å². The van der Waals surface area contributed by atoms with Crippen molar-refractivity contribution in [2.45, 2.75) is 33.1 Å². The Balaban J connectivity index is 1.43. The lowest BCUT2D eigenvalue weighted by Gasteiger charge is -2.25. The maximum absolute atomic E-state index is 12.8. The molecule has 0 fully saturated rings. The third kappa shape index (κ3) is 3.74. The number of nitrogens with zero attached hydrogens (tertiary/aromatic N) is 3. The lowest BCUT2D eigenvalue weighted by molar-refractivity contribution is -0.120. The minimum Gasteiger partial charge on any atom is -0.486 e. The molecule has 1 atom stereocenters. The first-order valence-electron chi connectivity index (χ1n) is 9.98. The van der Waals surface area contributed by atoms with E-state index in [0.29, 0.717) is 25.4 Å². The zero-order chi connectivity index (χ0) is 19.5. The third-order valence-corrected chi connectivity index (χ3v) is 5.36. The molecule has 1 aromatic heterocycles. The molecule has 4 rings (SSSR count). The summed E-state index contributed by atoms with van der Waals surface area (Å²) in [5, 5.41) is 3.02. The van der Waals surface area contributed by atoms with Crippen LogP contribution in [0.2, 0.25) is 0 Å². The predicted molar refractivity (Wildman–Crippen MR) is 107 cm³/mol. The summed E-state index contributed by atoms with van der Waals surface area (Å²) >= 11 is 0. The van der Waals surface area contributed by atoms with Gasteiger partial charge in [-0.25, -0.2) is 9.97 Å². The normalized spacial score (nSPS) is 17.6. The van der Waals surface area contributed by atoms with Crippen LogP contribution < -0.4 is 19.7 Å². The number of fused-ring (bicyclic) bond motifs is 2. The Morgan fingerprint density at radius 1 is 1.21 bits per heavy atom. The van der Waals surface area contributed by atoms with E-state index in [1.807, 2.05) is 24.4 Å². The molecular formula is C21H26N4O3. The van der Waals surface area contributed by atoms with Crippen molar-refractivity contribution >= 4 is 17.5 Å². The zero-order valence-electron chi connectivity index (χ0n) is 16.4. The number of nitrogens with one attached hydrogen (secondary N) is 1. The van der Waals surface area contributed by atoms with E-state index >= 15 is 0 Å². The molecule has 0 bridgehead atoms. The van der Waals surface area contributed by atoms with Crippen molar-refractivity contribution in [2.75, 3.05) is 36.5 Å². The summed E-state index contributed by atoms with van der Waals surface area (Å²) in [4.78, 5) is 24.2. The fourth-order valence-corrected chi connectivity index (χ4v) is 3.75. The van der Waals surface area contributed by atoms with E-state index in [1.54, 1.807) is 0 Å². The Morgan fingerprint density at radius 2 is 2.00 bits per heavy atom. The second-order valence-electron chi connectivity index (χ2n) is 7.10. The monoisotopic (exact) mass is 382 g/mol. The molecule has 7 heteroatoms. The number of aromatic nitrogens is 2. The van der Waals surface area contributed by atoms with Gasteiger partial charge in [-0.05, 0) is 50.8 Å². The highest BCUT2D eigenvalue weighted by atomic mass is 16.6. The smallest absolute Gasteiger partial charge is 0.227 e. The lowest BCUT2D eigenvalue weighted by Crippen LogP contribution is -2.30. The number of ether oxygens (including phenoxy) is 2. The second kappa shape index (κ2) is 8.04. The summed E-state index contributed by atoms with van der Waals surface area (Å²) in [7, 11) is 0. The van der Waals surface area contributed by atoms with Gasteiger partial charge in [0.1, 0.15) is 13.2 Å². The molecule has 2 heterocycles. The van der Waals surface area contributed by atoms with Gasteiger partial charge in [0.05, 0.1) is 0 Å². The lowest BCUT2D eigenvalue weighted by atomic mass is 9.86. The fraction of sp³-hybridized carbons (Fsp3) is 0.476. The minimum absolute atomic E-state index is 0.0233. The molecule has 0 saturated carbocycles. The van der Waals surface area contributed by atoms with Crippen molar-refractivity contribution in [3.63, 3.8) is 0 Å². The van der Waals surface area contributed by atoms with E-state index in [-0.39, 0.29) is 11.8 Å². The maximum Gasteiger partial charge on any atom is 0.227 e. The predicted octanol–water partition coefficient (Wildman–Crippen LogP) is 2.84. The van der Waals surface area contributed by atoms with Gasteiger partial charge >= 0.3 is 0 Å². The number of hydrogen-bond acceptors (Lipinski definition) is 6. The summed E-state index contributed by atoms with van der Waals surface area (Å²) in [6.45, 7) is 7.05. The van der Waals surface area contributed by atoms with Crippen LogP contribution in [0.15, 0.2) is 24.4 Å². The summed E-state index contributed by atoms with van der Waals surface area (Å²) in [6, 6.07) is 5.51.